The summed E-state index contributed by atoms with van der Waals surface area (Å²) >= 11 is 0. The smallest absolute Gasteiger partial charge is 0.256 e. The van der Waals surface area contributed by atoms with Crippen LogP contribution in [0, 0.1) is 6.92 Å². The van der Waals surface area contributed by atoms with E-state index in [0.717, 1.165) is 6.42 Å². The van der Waals surface area contributed by atoms with Crippen molar-refractivity contribution in [3.05, 3.63) is 53.4 Å². The SMILES string of the molecule is Cc1oncc1C(=O)NCCc1ccccc1. The first-order valence-electron chi connectivity index (χ1n) is 5.51. The maximum Gasteiger partial charge on any atom is 0.256 e. The van der Waals surface area contributed by atoms with Gasteiger partial charge in [0.15, 0.2) is 0 Å². The number of rotatable bonds is 4. The van der Waals surface area contributed by atoms with Crippen molar-refractivity contribution < 1.29 is 9.32 Å². The number of benzene rings is 1. The molecule has 1 heterocycles. The molecule has 4 heteroatoms. The summed E-state index contributed by atoms with van der Waals surface area (Å²) < 4.78 is 4.84. The van der Waals surface area contributed by atoms with E-state index in [1.165, 1.54) is 11.8 Å². The molecule has 0 radical (unpaired) electrons. The van der Waals surface area contributed by atoms with Crippen LogP contribution in [0.1, 0.15) is 21.7 Å². The summed E-state index contributed by atoms with van der Waals surface area (Å²) in [6.45, 7) is 2.33. The third kappa shape index (κ3) is 2.93. The van der Waals surface area contributed by atoms with Gasteiger partial charge >= 0.3 is 0 Å². The predicted octanol–water partition coefficient (Wildman–Crippen LogP) is 1.96. The number of nitrogens with one attached hydrogen (secondary N) is 1. The lowest BCUT2D eigenvalue weighted by molar-refractivity contribution is 0.0952. The standard InChI is InChI=1S/C13H14N2O2/c1-10-12(9-15-17-10)13(16)14-8-7-11-5-3-2-4-6-11/h2-6,9H,7-8H2,1H3,(H,14,16). The van der Waals surface area contributed by atoms with Gasteiger partial charge in [-0.3, -0.25) is 4.79 Å². The monoisotopic (exact) mass is 230 g/mol. The van der Waals surface area contributed by atoms with Gasteiger partial charge in [0.25, 0.3) is 5.91 Å². The summed E-state index contributed by atoms with van der Waals surface area (Å²) in [7, 11) is 0. The Morgan fingerprint density at radius 2 is 2.12 bits per heavy atom. The summed E-state index contributed by atoms with van der Waals surface area (Å²) in [6, 6.07) is 10.0. The molecule has 17 heavy (non-hydrogen) atoms. The number of carbonyl (C=O) groups is 1. The van der Waals surface area contributed by atoms with Crippen molar-refractivity contribution in [2.75, 3.05) is 6.54 Å². The molecule has 0 aliphatic rings. The van der Waals surface area contributed by atoms with Gasteiger partial charge < -0.3 is 9.84 Å². The van der Waals surface area contributed by atoms with Crippen LogP contribution in [0.2, 0.25) is 0 Å². The van der Waals surface area contributed by atoms with Crippen LogP contribution in [-0.4, -0.2) is 17.6 Å². The second-order valence-corrected chi connectivity index (χ2v) is 3.79. The lowest BCUT2D eigenvalue weighted by Gasteiger charge is -2.03. The summed E-state index contributed by atoms with van der Waals surface area (Å²) in [4.78, 5) is 11.7. The zero-order chi connectivity index (χ0) is 12.1. The number of hydrogen-bond acceptors (Lipinski definition) is 3. The van der Waals surface area contributed by atoms with Crippen molar-refractivity contribution in [1.82, 2.24) is 10.5 Å². The average Bonchev–Trinajstić information content (AvgIpc) is 2.77. The van der Waals surface area contributed by atoms with Gasteiger partial charge in [-0.15, -0.1) is 0 Å². The van der Waals surface area contributed by atoms with Gasteiger partial charge in [0.05, 0.1) is 6.20 Å². The fraction of sp³-hybridized carbons (Fsp3) is 0.231. The minimum atomic E-state index is -0.139. The van der Waals surface area contributed by atoms with Crippen molar-refractivity contribution in [3.63, 3.8) is 0 Å². The van der Waals surface area contributed by atoms with Crippen molar-refractivity contribution in [2.45, 2.75) is 13.3 Å². The summed E-state index contributed by atoms with van der Waals surface area (Å²) in [5.74, 6) is 0.405. The van der Waals surface area contributed by atoms with Gasteiger partial charge in [-0.1, -0.05) is 35.5 Å². The third-order valence-electron chi connectivity index (χ3n) is 2.54. The topological polar surface area (TPSA) is 55.1 Å². The minimum Gasteiger partial charge on any atom is -0.361 e. The lowest BCUT2D eigenvalue weighted by atomic mass is 10.1. The first-order chi connectivity index (χ1) is 8.27. The highest BCUT2D eigenvalue weighted by atomic mass is 16.5. The second-order valence-electron chi connectivity index (χ2n) is 3.79. The molecule has 0 aliphatic carbocycles. The number of amides is 1. The van der Waals surface area contributed by atoms with E-state index in [1.807, 2.05) is 30.3 Å². The summed E-state index contributed by atoms with van der Waals surface area (Å²) in [5.41, 5.74) is 1.70. The van der Waals surface area contributed by atoms with Crippen molar-refractivity contribution >= 4 is 5.91 Å². The Morgan fingerprint density at radius 1 is 1.35 bits per heavy atom. The maximum atomic E-state index is 11.7. The Hall–Kier alpha value is -2.10. The zero-order valence-electron chi connectivity index (χ0n) is 9.64. The molecule has 1 aromatic heterocycles. The first-order valence-corrected chi connectivity index (χ1v) is 5.51. The molecule has 4 nitrogen and oxygen atoms in total. The molecule has 0 atom stereocenters. The Kier molecular flexibility index (Phi) is 3.55. The van der Waals surface area contributed by atoms with E-state index in [-0.39, 0.29) is 5.91 Å². The van der Waals surface area contributed by atoms with Crippen molar-refractivity contribution in [2.24, 2.45) is 0 Å². The summed E-state index contributed by atoms with van der Waals surface area (Å²) in [5, 5.41) is 6.41. The third-order valence-corrected chi connectivity index (χ3v) is 2.54. The Labute approximate surface area is 99.6 Å². The first kappa shape index (κ1) is 11.4. The Morgan fingerprint density at radius 3 is 2.76 bits per heavy atom. The van der Waals surface area contributed by atoms with Crippen molar-refractivity contribution in [1.29, 1.82) is 0 Å². The van der Waals surface area contributed by atoms with E-state index in [0.29, 0.717) is 17.9 Å². The lowest BCUT2D eigenvalue weighted by Crippen LogP contribution is -2.25. The second kappa shape index (κ2) is 5.30. The Balaban J connectivity index is 1.84. The molecule has 0 aliphatic heterocycles. The van der Waals surface area contributed by atoms with Crippen LogP contribution >= 0.6 is 0 Å². The van der Waals surface area contributed by atoms with E-state index in [2.05, 4.69) is 10.5 Å². The molecule has 0 fully saturated rings. The van der Waals surface area contributed by atoms with Gasteiger partial charge in [-0.25, -0.2) is 0 Å². The molecular formula is C13H14N2O2. The van der Waals surface area contributed by atoms with E-state index in [9.17, 15) is 4.79 Å². The van der Waals surface area contributed by atoms with E-state index in [4.69, 9.17) is 4.52 Å². The molecule has 0 bridgehead atoms. The highest BCUT2D eigenvalue weighted by Crippen LogP contribution is 2.05. The molecule has 1 N–H and O–H groups in total. The van der Waals surface area contributed by atoms with E-state index < -0.39 is 0 Å². The molecule has 2 rings (SSSR count). The quantitative estimate of drug-likeness (QED) is 0.873. The van der Waals surface area contributed by atoms with Gasteiger partial charge in [-0.05, 0) is 18.9 Å². The van der Waals surface area contributed by atoms with Crippen LogP contribution in [0.5, 0.6) is 0 Å². The number of hydrogen-bond donors (Lipinski definition) is 1. The highest BCUT2D eigenvalue weighted by Gasteiger charge is 2.11. The average molecular weight is 230 g/mol. The van der Waals surface area contributed by atoms with E-state index in [1.54, 1.807) is 6.92 Å². The maximum absolute atomic E-state index is 11.7. The molecule has 0 saturated heterocycles. The van der Waals surface area contributed by atoms with Crippen LogP contribution in [0.4, 0.5) is 0 Å². The van der Waals surface area contributed by atoms with Crippen LogP contribution in [0.3, 0.4) is 0 Å². The van der Waals surface area contributed by atoms with Gasteiger partial charge in [0.2, 0.25) is 0 Å². The van der Waals surface area contributed by atoms with Gasteiger partial charge in [0.1, 0.15) is 11.3 Å². The minimum absolute atomic E-state index is 0.139. The molecule has 0 unspecified atom stereocenters. The fourth-order valence-corrected chi connectivity index (χ4v) is 1.58. The molecule has 0 saturated carbocycles. The number of carbonyl (C=O) groups excluding carboxylic acids is 1. The molecule has 1 amide bonds. The largest absolute Gasteiger partial charge is 0.361 e. The van der Waals surface area contributed by atoms with Crippen LogP contribution in [-0.2, 0) is 6.42 Å². The Bertz CT molecular complexity index is 491. The number of aromatic nitrogens is 1. The van der Waals surface area contributed by atoms with Crippen LogP contribution in [0.15, 0.2) is 41.1 Å². The fourth-order valence-electron chi connectivity index (χ4n) is 1.58. The van der Waals surface area contributed by atoms with Crippen LogP contribution in [0.25, 0.3) is 0 Å². The normalized spacial score (nSPS) is 10.2. The predicted molar refractivity (Wildman–Crippen MR) is 63.7 cm³/mol. The molecule has 2 aromatic rings. The van der Waals surface area contributed by atoms with Gasteiger partial charge in [-0.2, -0.15) is 0 Å². The molecule has 88 valence electrons. The van der Waals surface area contributed by atoms with Crippen LogP contribution < -0.4 is 5.32 Å². The highest BCUT2D eigenvalue weighted by molar-refractivity contribution is 5.94. The number of nitrogens with zero attached hydrogens (tertiary/aromatic N) is 1. The zero-order valence-corrected chi connectivity index (χ0v) is 9.64. The summed E-state index contributed by atoms with van der Waals surface area (Å²) in [6.07, 6.45) is 2.25. The molecular weight excluding hydrogens is 216 g/mol. The van der Waals surface area contributed by atoms with E-state index >= 15 is 0 Å². The molecule has 1 aromatic carbocycles. The van der Waals surface area contributed by atoms with Crippen molar-refractivity contribution in [3.8, 4) is 0 Å². The van der Waals surface area contributed by atoms with Gasteiger partial charge in [0, 0.05) is 6.54 Å². The number of aryl methyl sites for hydroxylation is 1. The molecule has 0 spiro atoms.